The van der Waals surface area contributed by atoms with Crippen molar-refractivity contribution in [3.05, 3.63) is 0 Å². The third-order valence-electron chi connectivity index (χ3n) is 4.76. The van der Waals surface area contributed by atoms with E-state index in [0.717, 1.165) is 51.6 Å². The fraction of sp³-hybridized carbons (Fsp3) is 1.00. The van der Waals surface area contributed by atoms with Gasteiger partial charge >= 0.3 is 0 Å². The highest BCUT2D eigenvalue weighted by Crippen LogP contribution is 2.33. The fourth-order valence-electron chi connectivity index (χ4n) is 3.49. The molecule has 0 aromatic heterocycles. The molecule has 0 radical (unpaired) electrons. The minimum absolute atomic E-state index is 0.0825. The van der Waals surface area contributed by atoms with Crippen molar-refractivity contribution in [3.8, 4) is 0 Å². The Morgan fingerprint density at radius 3 is 2.44 bits per heavy atom. The molecule has 4 heteroatoms. The first-order valence-electron chi connectivity index (χ1n) is 7.14. The monoisotopic (exact) mass is 256 g/mol. The van der Waals surface area contributed by atoms with E-state index < -0.39 is 0 Å². The Bertz CT molecular complexity index is 265. The zero-order valence-corrected chi connectivity index (χ0v) is 12.1. The van der Waals surface area contributed by atoms with Crippen molar-refractivity contribution in [2.45, 2.75) is 25.8 Å². The second kappa shape index (κ2) is 5.87. The Labute approximate surface area is 111 Å². The highest BCUT2D eigenvalue weighted by Gasteiger charge is 2.38. The maximum atomic E-state index is 9.75. The average Bonchev–Trinajstić information content (AvgIpc) is 2.71. The normalized spacial score (nSPS) is 33.2. The summed E-state index contributed by atoms with van der Waals surface area (Å²) in [6, 6.07) is 0.653. The Morgan fingerprint density at radius 1 is 1.28 bits per heavy atom. The Morgan fingerprint density at radius 2 is 1.94 bits per heavy atom. The number of nitrogens with zero attached hydrogens (tertiary/aromatic N) is 2. The van der Waals surface area contributed by atoms with Crippen LogP contribution in [0.2, 0.25) is 0 Å². The van der Waals surface area contributed by atoms with Crippen molar-refractivity contribution >= 4 is 0 Å². The first-order valence-corrected chi connectivity index (χ1v) is 7.14. The molecule has 0 saturated carbocycles. The molecule has 18 heavy (non-hydrogen) atoms. The van der Waals surface area contributed by atoms with Crippen molar-refractivity contribution in [1.29, 1.82) is 0 Å². The highest BCUT2D eigenvalue weighted by atomic mass is 16.5. The van der Waals surface area contributed by atoms with Gasteiger partial charge in [-0.15, -0.1) is 0 Å². The van der Waals surface area contributed by atoms with Crippen molar-refractivity contribution in [2.24, 2.45) is 11.3 Å². The van der Waals surface area contributed by atoms with Gasteiger partial charge in [0, 0.05) is 44.3 Å². The van der Waals surface area contributed by atoms with E-state index in [4.69, 9.17) is 4.74 Å². The standard InChI is InChI=1S/C14H28N2O2/c1-12-8-16(9-13(12)15(2)3)10-14(11-17)4-6-18-7-5-14/h12-13,17H,4-11H2,1-3H3. The second-order valence-corrected chi connectivity index (χ2v) is 6.47. The fourth-order valence-corrected chi connectivity index (χ4v) is 3.49. The summed E-state index contributed by atoms with van der Waals surface area (Å²) in [4.78, 5) is 4.87. The van der Waals surface area contributed by atoms with Crippen LogP contribution in [0.3, 0.4) is 0 Å². The summed E-state index contributed by atoms with van der Waals surface area (Å²) in [5, 5.41) is 9.75. The molecule has 0 aromatic rings. The van der Waals surface area contributed by atoms with Crippen LogP contribution < -0.4 is 0 Å². The predicted octanol–water partition coefficient (Wildman–Crippen LogP) is 0.657. The highest BCUT2D eigenvalue weighted by molar-refractivity contribution is 4.92. The molecule has 0 aromatic carbocycles. The van der Waals surface area contributed by atoms with Crippen LogP contribution in [0.15, 0.2) is 0 Å². The van der Waals surface area contributed by atoms with Gasteiger partial charge in [0.15, 0.2) is 0 Å². The minimum Gasteiger partial charge on any atom is -0.396 e. The van der Waals surface area contributed by atoms with Crippen LogP contribution in [0.4, 0.5) is 0 Å². The lowest BCUT2D eigenvalue weighted by atomic mass is 9.80. The molecule has 2 rings (SSSR count). The molecular weight excluding hydrogens is 228 g/mol. The lowest BCUT2D eigenvalue weighted by molar-refractivity contribution is -0.0319. The zero-order chi connectivity index (χ0) is 13.2. The van der Waals surface area contributed by atoms with Gasteiger partial charge in [-0.1, -0.05) is 6.92 Å². The Kier molecular flexibility index (Phi) is 4.64. The lowest BCUT2D eigenvalue weighted by Gasteiger charge is -2.38. The van der Waals surface area contributed by atoms with Crippen LogP contribution in [0.25, 0.3) is 0 Å². The Balaban J connectivity index is 1.93. The maximum Gasteiger partial charge on any atom is 0.0501 e. The number of likely N-dealkylation sites (N-methyl/N-ethyl adjacent to an activating group) is 1. The molecule has 2 atom stereocenters. The van der Waals surface area contributed by atoms with Gasteiger partial charge in [-0.3, -0.25) is 0 Å². The number of rotatable bonds is 4. The van der Waals surface area contributed by atoms with Gasteiger partial charge in [0.2, 0.25) is 0 Å². The molecule has 2 heterocycles. The van der Waals surface area contributed by atoms with Crippen molar-refractivity contribution in [3.63, 3.8) is 0 Å². The quantitative estimate of drug-likeness (QED) is 0.801. The summed E-state index contributed by atoms with van der Waals surface area (Å²) in [6.45, 7) is 7.57. The third kappa shape index (κ3) is 3.05. The van der Waals surface area contributed by atoms with Crippen molar-refractivity contribution in [2.75, 3.05) is 53.6 Å². The van der Waals surface area contributed by atoms with Crippen LogP contribution in [0.1, 0.15) is 19.8 Å². The maximum absolute atomic E-state index is 9.75. The van der Waals surface area contributed by atoms with E-state index in [9.17, 15) is 5.11 Å². The van der Waals surface area contributed by atoms with E-state index in [0.29, 0.717) is 12.6 Å². The minimum atomic E-state index is 0.0825. The van der Waals surface area contributed by atoms with Gasteiger partial charge in [0.1, 0.15) is 0 Å². The van der Waals surface area contributed by atoms with Gasteiger partial charge in [-0.2, -0.15) is 0 Å². The van der Waals surface area contributed by atoms with Crippen molar-refractivity contribution < 1.29 is 9.84 Å². The van der Waals surface area contributed by atoms with Gasteiger partial charge < -0.3 is 19.6 Å². The van der Waals surface area contributed by atoms with E-state index in [1.807, 2.05) is 0 Å². The van der Waals surface area contributed by atoms with Crippen LogP contribution in [-0.4, -0.2) is 74.5 Å². The van der Waals surface area contributed by atoms with E-state index in [2.05, 4.69) is 30.8 Å². The van der Waals surface area contributed by atoms with Gasteiger partial charge in [-0.05, 0) is 32.9 Å². The number of hydrogen-bond acceptors (Lipinski definition) is 4. The molecule has 4 nitrogen and oxygen atoms in total. The first kappa shape index (κ1) is 14.3. The van der Waals surface area contributed by atoms with E-state index in [1.54, 1.807) is 0 Å². The van der Waals surface area contributed by atoms with E-state index >= 15 is 0 Å². The smallest absolute Gasteiger partial charge is 0.0501 e. The number of hydrogen-bond donors (Lipinski definition) is 1. The molecule has 1 N–H and O–H groups in total. The van der Waals surface area contributed by atoms with Gasteiger partial charge in [0.05, 0.1) is 6.61 Å². The molecule has 2 aliphatic heterocycles. The third-order valence-corrected chi connectivity index (χ3v) is 4.76. The van der Waals surface area contributed by atoms with E-state index in [-0.39, 0.29) is 5.41 Å². The average molecular weight is 256 g/mol. The molecular formula is C14H28N2O2. The first-order chi connectivity index (χ1) is 8.56. The topological polar surface area (TPSA) is 35.9 Å². The molecule has 0 bridgehead atoms. The van der Waals surface area contributed by atoms with Crippen LogP contribution in [0.5, 0.6) is 0 Å². The lowest BCUT2D eigenvalue weighted by Crippen LogP contribution is -2.44. The summed E-state index contributed by atoms with van der Waals surface area (Å²) in [5.41, 5.74) is 0.0825. The van der Waals surface area contributed by atoms with Crippen LogP contribution in [-0.2, 0) is 4.74 Å². The summed E-state index contributed by atoms with van der Waals surface area (Å²) >= 11 is 0. The summed E-state index contributed by atoms with van der Waals surface area (Å²) in [7, 11) is 4.34. The zero-order valence-electron chi connectivity index (χ0n) is 12.1. The number of aliphatic hydroxyl groups is 1. The molecule has 106 valence electrons. The van der Waals surface area contributed by atoms with Crippen LogP contribution >= 0.6 is 0 Å². The summed E-state index contributed by atoms with van der Waals surface area (Å²) in [5.74, 6) is 0.718. The molecule has 0 aliphatic carbocycles. The second-order valence-electron chi connectivity index (χ2n) is 6.47. The van der Waals surface area contributed by atoms with Crippen molar-refractivity contribution in [1.82, 2.24) is 9.80 Å². The summed E-state index contributed by atoms with van der Waals surface area (Å²) in [6.07, 6.45) is 2.00. The molecule has 0 spiro atoms. The molecule has 2 saturated heterocycles. The largest absolute Gasteiger partial charge is 0.396 e. The van der Waals surface area contributed by atoms with Crippen LogP contribution in [0, 0.1) is 11.3 Å². The number of likely N-dealkylation sites (tertiary alicyclic amines) is 1. The molecule has 2 aliphatic rings. The molecule has 0 amide bonds. The molecule has 2 unspecified atom stereocenters. The number of ether oxygens (including phenoxy) is 1. The Hall–Kier alpha value is -0.160. The number of aliphatic hydroxyl groups excluding tert-OH is 1. The van der Waals surface area contributed by atoms with Gasteiger partial charge in [0.25, 0.3) is 0 Å². The predicted molar refractivity (Wildman–Crippen MR) is 72.7 cm³/mol. The molecule has 2 fully saturated rings. The van der Waals surface area contributed by atoms with E-state index in [1.165, 1.54) is 0 Å². The van der Waals surface area contributed by atoms with Gasteiger partial charge in [-0.25, -0.2) is 0 Å². The summed E-state index contributed by atoms with van der Waals surface area (Å²) < 4.78 is 5.43. The SMILES string of the molecule is CC1CN(CC2(CO)CCOCC2)CC1N(C)C.